The zero-order valence-electron chi connectivity index (χ0n) is 8.65. The van der Waals surface area contributed by atoms with E-state index in [1.165, 1.54) is 23.9 Å². The van der Waals surface area contributed by atoms with Gasteiger partial charge in [-0.2, -0.15) is 5.26 Å². The van der Waals surface area contributed by atoms with Gasteiger partial charge in [-0.3, -0.25) is 0 Å². The number of benzene rings is 2. The van der Waals surface area contributed by atoms with E-state index in [4.69, 9.17) is 5.26 Å². The molecule has 17 heavy (non-hydrogen) atoms. The Balaban J connectivity index is 2.27. The Morgan fingerprint density at radius 2 is 1.76 bits per heavy atom. The van der Waals surface area contributed by atoms with Crippen molar-refractivity contribution in [2.24, 2.45) is 0 Å². The van der Waals surface area contributed by atoms with E-state index in [9.17, 15) is 4.39 Å². The van der Waals surface area contributed by atoms with Crippen LogP contribution < -0.4 is 0 Å². The number of hydrogen-bond acceptors (Lipinski definition) is 2. The molecule has 0 atom stereocenters. The summed E-state index contributed by atoms with van der Waals surface area (Å²) in [7, 11) is 0. The van der Waals surface area contributed by atoms with E-state index in [2.05, 4.69) is 22.0 Å². The van der Waals surface area contributed by atoms with Crippen LogP contribution >= 0.6 is 27.7 Å². The molecule has 0 fully saturated rings. The molecular weight excluding hydrogens is 301 g/mol. The summed E-state index contributed by atoms with van der Waals surface area (Å²) in [6.45, 7) is 0. The Morgan fingerprint density at radius 1 is 1.06 bits per heavy atom. The minimum absolute atomic E-state index is 0.249. The van der Waals surface area contributed by atoms with Crippen molar-refractivity contribution in [1.82, 2.24) is 0 Å². The number of rotatable bonds is 2. The van der Waals surface area contributed by atoms with Gasteiger partial charge in [0.2, 0.25) is 0 Å². The molecular formula is C13H7BrFNS. The highest BCUT2D eigenvalue weighted by Crippen LogP contribution is 2.30. The Morgan fingerprint density at radius 3 is 2.41 bits per heavy atom. The van der Waals surface area contributed by atoms with Crippen LogP contribution in [0.4, 0.5) is 4.39 Å². The zero-order valence-corrected chi connectivity index (χ0v) is 11.1. The van der Waals surface area contributed by atoms with Crippen molar-refractivity contribution >= 4 is 27.7 Å². The smallest absolute Gasteiger partial charge is 0.123 e. The van der Waals surface area contributed by atoms with E-state index in [1.54, 1.807) is 24.3 Å². The standard InChI is InChI=1S/C13H7BrFNS/c14-10-5-9(8-16)6-13(7-10)17-12-3-1-11(15)2-4-12/h1-7H. The topological polar surface area (TPSA) is 23.8 Å². The lowest BCUT2D eigenvalue weighted by atomic mass is 10.2. The molecule has 0 saturated carbocycles. The fraction of sp³-hybridized carbons (Fsp3) is 0. The molecule has 0 amide bonds. The molecule has 0 unspecified atom stereocenters. The van der Waals surface area contributed by atoms with Gasteiger partial charge in [0.15, 0.2) is 0 Å². The molecule has 0 N–H and O–H groups in total. The summed E-state index contributed by atoms with van der Waals surface area (Å²) in [5.41, 5.74) is 0.601. The lowest BCUT2D eigenvalue weighted by Crippen LogP contribution is -1.79. The van der Waals surface area contributed by atoms with Gasteiger partial charge in [0.05, 0.1) is 11.6 Å². The summed E-state index contributed by atoms with van der Waals surface area (Å²) in [6, 6.07) is 13.9. The summed E-state index contributed by atoms with van der Waals surface area (Å²) in [4.78, 5) is 1.89. The third-order valence-electron chi connectivity index (χ3n) is 2.05. The summed E-state index contributed by atoms with van der Waals surface area (Å²) in [5.74, 6) is -0.249. The van der Waals surface area contributed by atoms with Crippen LogP contribution in [0.3, 0.4) is 0 Å². The first-order valence-electron chi connectivity index (χ1n) is 4.81. The van der Waals surface area contributed by atoms with Crippen LogP contribution in [-0.4, -0.2) is 0 Å². The normalized spacial score (nSPS) is 9.94. The number of nitriles is 1. The fourth-order valence-electron chi connectivity index (χ4n) is 1.32. The SMILES string of the molecule is N#Cc1cc(Br)cc(Sc2ccc(F)cc2)c1. The Hall–Kier alpha value is -1.31. The molecule has 2 rings (SSSR count). The third kappa shape index (κ3) is 3.32. The van der Waals surface area contributed by atoms with E-state index in [0.717, 1.165) is 14.3 Å². The second-order valence-electron chi connectivity index (χ2n) is 3.34. The maximum Gasteiger partial charge on any atom is 0.123 e. The van der Waals surface area contributed by atoms with Gasteiger partial charge in [-0.15, -0.1) is 0 Å². The van der Waals surface area contributed by atoms with Gasteiger partial charge < -0.3 is 0 Å². The Bertz CT molecular complexity index is 575. The first-order chi connectivity index (χ1) is 8.17. The van der Waals surface area contributed by atoms with Crippen LogP contribution in [0.25, 0.3) is 0 Å². The zero-order chi connectivity index (χ0) is 12.3. The predicted molar refractivity (Wildman–Crippen MR) is 69.4 cm³/mol. The van der Waals surface area contributed by atoms with Crippen LogP contribution in [0.5, 0.6) is 0 Å². The molecule has 84 valence electrons. The average Bonchev–Trinajstić information content (AvgIpc) is 2.31. The first-order valence-corrected chi connectivity index (χ1v) is 6.42. The highest BCUT2D eigenvalue weighted by atomic mass is 79.9. The molecule has 4 heteroatoms. The van der Waals surface area contributed by atoms with Gasteiger partial charge in [0.1, 0.15) is 5.82 Å². The molecule has 0 bridgehead atoms. The van der Waals surface area contributed by atoms with E-state index >= 15 is 0 Å². The predicted octanol–water partition coefficient (Wildman–Crippen LogP) is 4.61. The van der Waals surface area contributed by atoms with E-state index in [1.807, 2.05) is 6.07 Å². The van der Waals surface area contributed by atoms with E-state index < -0.39 is 0 Å². The fourth-order valence-corrected chi connectivity index (χ4v) is 2.89. The Labute approximate surface area is 111 Å². The highest BCUT2D eigenvalue weighted by molar-refractivity contribution is 9.10. The summed E-state index contributed by atoms with van der Waals surface area (Å²) in [6.07, 6.45) is 0. The minimum Gasteiger partial charge on any atom is -0.207 e. The van der Waals surface area contributed by atoms with Crippen LogP contribution in [0.2, 0.25) is 0 Å². The van der Waals surface area contributed by atoms with Crippen LogP contribution in [0.15, 0.2) is 56.7 Å². The van der Waals surface area contributed by atoms with Gasteiger partial charge in [0.25, 0.3) is 0 Å². The molecule has 0 aliphatic heterocycles. The van der Waals surface area contributed by atoms with Crippen molar-refractivity contribution < 1.29 is 4.39 Å². The second-order valence-corrected chi connectivity index (χ2v) is 5.41. The van der Waals surface area contributed by atoms with Crippen LogP contribution in [-0.2, 0) is 0 Å². The summed E-state index contributed by atoms with van der Waals surface area (Å²) in [5, 5.41) is 8.86. The summed E-state index contributed by atoms with van der Waals surface area (Å²) < 4.78 is 13.6. The van der Waals surface area contributed by atoms with Gasteiger partial charge in [0, 0.05) is 14.3 Å². The third-order valence-corrected chi connectivity index (χ3v) is 3.49. The lowest BCUT2D eigenvalue weighted by molar-refractivity contribution is 0.626. The van der Waals surface area contributed by atoms with Crippen LogP contribution in [0, 0.1) is 17.1 Å². The maximum atomic E-state index is 12.7. The molecule has 1 nitrogen and oxygen atoms in total. The molecule has 0 aliphatic rings. The molecule has 0 heterocycles. The summed E-state index contributed by atoms with van der Waals surface area (Å²) >= 11 is 4.85. The van der Waals surface area contributed by atoms with Crippen LogP contribution in [0.1, 0.15) is 5.56 Å². The molecule has 0 saturated heterocycles. The number of nitrogens with zero attached hydrogens (tertiary/aromatic N) is 1. The van der Waals surface area contributed by atoms with Crippen molar-refractivity contribution in [3.8, 4) is 6.07 Å². The highest BCUT2D eigenvalue weighted by Gasteiger charge is 2.02. The van der Waals surface area contributed by atoms with Crippen molar-refractivity contribution in [2.75, 3.05) is 0 Å². The first kappa shape index (κ1) is 12.2. The monoisotopic (exact) mass is 307 g/mol. The van der Waals surface area contributed by atoms with Gasteiger partial charge in [-0.1, -0.05) is 27.7 Å². The van der Waals surface area contributed by atoms with Crippen molar-refractivity contribution in [3.05, 3.63) is 58.3 Å². The largest absolute Gasteiger partial charge is 0.207 e. The second kappa shape index (κ2) is 5.35. The lowest BCUT2D eigenvalue weighted by Gasteiger charge is -2.03. The molecule has 0 aliphatic carbocycles. The van der Waals surface area contributed by atoms with Crippen molar-refractivity contribution in [1.29, 1.82) is 5.26 Å². The molecule has 2 aromatic carbocycles. The van der Waals surface area contributed by atoms with Gasteiger partial charge in [-0.05, 0) is 42.5 Å². The quantitative estimate of drug-likeness (QED) is 0.809. The minimum atomic E-state index is -0.249. The Kier molecular flexibility index (Phi) is 3.82. The molecule has 2 aromatic rings. The van der Waals surface area contributed by atoms with E-state index in [0.29, 0.717) is 5.56 Å². The van der Waals surface area contributed by atoms with Gasteiger partial charge in [-0.25, -0.2) is 4.39 Å². The molecule has 0 radical (unpaired) electrons. The molecule has 0 aromatic heterocycles. The van der Waals surface area contributed by atoms with Gasteiger partial charge >= 0.3 is 0 Å². The average molecular weight is 308 g/mol. The maximum absolute atomic E-state index is 12.7. The van der Waals surface area contributed by atoms with E-state index in [-0.39, 0.29) is 5.82 Å². The number of hydrogen-bond donors (Lipinski definition) is 0. The molecule has 0 spiro atoms. The van der Waals surface area contributed by atoms with Crippen molar-refractivity contribution in [3.63, 3.8) is 0 Å². The van der Waals surface area contributed by atoms with Crippen molar-refractivity contribution in [2.45, 2.75) is 9.79 Å². The number of halogens is 2.